The molecule has 2 aromatic carbocycles. The molecule has 0 aliphatic heterocycles. The maximum atomic E-state index is 13.7. The molecule has 0 radical (unpaired) electrons. The van der Waals surface area contributed by atoms with E-state index in [0.29, 0.717) is 22.4 Å². The Morgan fingerprint density at radius 3 is 2.89 bits per heavy atom. The summed E-state index contributed by atoms with van der Waals surface area (Å²) in [5, 5.41) is 9.14. The molecule has 27 heavy (non-hydrogen) atoms. The fraction of sp³-hybridized carbons (Fsp3) is 0.0526. The molecular weight excluding hydrogens is 347 g/mol. The van der Waals surface area contributed by atoms with Crippen molar-refractivity contribution in [2.24, 2.45) is 5.10 Å². The van der Waals surface area contributed by atoms with Crippen LogP contribution in [0.4, 0.5) is 10.2 Å². The van der Waals surface area contributed by atoms with Crippen molar-refractivity contribution in [1.82, 2.24) is 19.7 Å². The second-order valence-corrected chi connectivity index (χ2v) is 5.61. The van der Waals surface area contributed by atoms with Gasteiger partial charge in [-0.1, -0.05) is 24.3 Å². The van der Waals surface area contributed by atoms with Gasteiger partial charge in [0.15, 0.2) is 11.5 Å². The van der Waals surface area contributed by atoms with Gasteiger partial charge in [0, 0.05) is 11.6 Å². The molecule has 0 atom stereocenters. The summed E-state index contributed by atoms with van der Waals surface area (Å²) in [6.45, 7) is 0. The topological polar surface area (TPSA) is 77.2 Å². The molecule has 4 rings (SSSR count). The number of methoxy groups -OCH3 is 1. The van der Waals surface area contributed by atoms with E-state index in [1.54, 1.807) is 36.2 Å². The summed E-state index contributed by atoms with van der Waals surface area (Å²) < 4.78 is 20.6. The summed E-state index contributed by atoms with van der Waals surface area (Å²) in [5.74, 6) is 0.849. The molecule has 0 bridgehead atoms. The first kappa shape index (κ1) is 16.6. The highest BCUT2D eigenvalue weighted by molar-refractivity contribution is 5.88. The van der Waals surface area contributed by atoms with Crippen LogP contribution >= 0.6 is 0 Å². The number of hydrogen-bond acceptors (Lipinski definition) is 6. The molecule has 0 aliphatic carbocycles. The summed E-state index contributed by atoms with van der Waals surface area (Å²) in [5.41, 5.74) is 4.62. The number of hydrazone groups is 1. The molecule has 7 nitrogen and oxygen atoms in total. The van der Waals surface area contributed by atoms with E-state index < -0.39 is 0 Å². The average molecular weight is 362 g/mol. The minimum Gasteiger partial charge on any atom is -0.497 e. The first-order chi connectivity index (χ1) is 13.3. The second kappa shape index (κ2) is 7.20. The molecule has 0 amide bonds. The molecule has 0 unspecified atom stereocenters. The Kier molecular flexibility index (Phi) is 4.44. The Labute approximate surface area is 154 Å². The maximum Gasteiger partial charge on any atom is 0.168 e. The molecule has 0 fully saturated rings. The van der Waals surface area contributed by atoms with Crippen molar-refractivity contribution in [3.8, 4) is 11.4 Å². The quantitative estimate of drug-likeness (QED) is 0.435. The molecule has 134 valence electrons. The Bertz CT molecular complexity index is 1120. The van der Waals surface area contributed by atoms with Gasteiger partial charge in [0.25, 0.3) is 0 Å². The second-order valence-electron chi connectivity index (χ2n) is 5.61. The van der Waals surface area contributed by atoms with E-state index in [2.05, 4.69) is 25.6 Å². The molecule has 0 saturated carbocycles. The zero-order chi connectivity index (χ0) is 18.6. The number of nitrogens with one attached hydrogen (secondary N) is 1. The van der Waals surface area contributed by atoms with Crippen molar-refractivity contribution in [3.05, 3.63) is 72.4 Å². The third-order valence-corrected chi connectivity index (χ3v) is 3.94. The molecule has 0 spiro atoms. The van der Waals surface area contributed by atoms with Gasteiger partial charge in [0.05, 0.1) is 30.6 Å². The molecular formula is C19H15FN6O. The minimum atomic E-state index is -0.346. The van der Waals surface area contributed by atoms with Gasteiger partial charge in [-0.25, -0.2) is 19.0 Å². The van der Waals surface area contributed by atoms with Crippen LogP contribution in [0.2, 0.25) is 0 Å². The summed E-state index contributed by atoms with van der Waals surface area (Å²) in [4.78, 5) is 8.50. The van der Waals surface area contributed by atoms with Crippen molar-refractivity contribution in [2.45, 2.75) is 0 Å². The summed E-state index contributed by atoms with van der Waals surface area (Å²) in [7, 11) is 1.61. The van der Waals surface area contributed by atoms with E-state index in [0.717, 1.165) is 11.4 Å². The molecule has 4 aromatic rings. The number of aromatic nitrogens is 4. The SMILES string of the molecule is COc1cccc(-n2ncc3c(N/N=C/c4ccccc4F)ncnc32)c1. The Hall–Kier alpha value is -3.81. The first-order valence-corrected chi connectivity index (χ1v) is 8.13. The van der Waals surface area contributed by atoms with Crippen LogP contribution in [0.1, 0.15) is 5.56 Å². The predicted molar refractivity (Wildman–Crippen MR) is 101 cm³/mol. The highest BCUT2D eigenvalue weighted by Crippen LogP contribution is 2.23. The van der Waals surface area contributed by atoms with E-state index in [1.165, 1.54) is 18.6 Å². The van der Waals surface area contributed by atoms with Crippen LogP contribution in [0, 0.1) is 5.82 Å². The van der Waals surface area contributed by atoms with E-state index in [-0.39, 0.29) is 5.82 Å². The monoisotopic (exact) mass is 362 g/mol. The van der Waals surface area contributed by atoms with Gasteiger partial charge in [-0.15, -0.1) is 0 Å². The van der Waals surface area contributed by atoms with Gasteiger partial charge in [0.2, 0.25) is 0 Å². The minimum absolute atomic E-state index is 0.346. The smallest absolute Gasteiger partial charge is 0.168 e. The number of fused-ring (bicyclic) bond motifs is 1. The van der Waals surface area contributed by atoms with Crippen LogP contribution in [0.15, 0.2) is 66.2 Å². The number of anilines is 1. The standard InChI is InChI=1S/C19H15FN6O/c1-27-15-7-4-6-14(9-15)26-19-16(11-24-26)18(21-12-22-19)25-23-10-13-5-2-3-8-17(13)20/h2-12H,1H3,(H,21,22,25)/b23-10+. The molecule has 2 aromatic heterocycles. The summed E-state index contributed by atoms with van der Waals surface area (Å²) >= 11 is 0. The zero-order valence-corrected chi connectivity index (χ0v) is 14.4. The normalized spacial score (nSPS) is 11.2. The highest BCUT2D eigenvalue weighted by Gasteiger charge is 2.11. The van der Waals surface area contributed by atoms with Gasteiger partial charge >= 0.3 is 0 Å². The van der Waals surface area contributed by atoms with Gasteiger partial charge in [-0.2, -0.15) is 10.2 Å². The van der Waals surface area contributed by atoms with Crippen LogP contribution in [-0.2, 0) is 0 Å². The number of hydrogen-bond donors (Lipinski definition) is 1. The fourth-order valence-corrected chi connectivity index (χ4v) is 2.61. The van der Waals surface area contributed by atoms with Gasteiger partial charge < -0.3 is 4.74 Å². The first-order valence-electron chi connectivity index (χ1n) is 8.13. The number of nitrogens with zero attached hydrogens (tertiary/aromatic N) is 5. The Balaban J connectivity index is 1.65. The molecule has 2 heterocycles. The number of rotatable bonds is 5. The van der Waals surface area contributed by atoms with Crippen molar-refractivity contribution >= 4 is 23.1 Å². The molecule has 0 aliphatic rings. The number of ether oxygens (including phenoxy) is 1. The maximum absolute atomic E-state index is 13.7. The Morgan fingerprint density at radius 1 is 1.15 bits per heavy atom. The lowest BCUT2D eigenvalue weighted by Gasteiger charge is -2.06. The lowest BCUT2D eigenvalue weighted by atomic mass is 10.2. The number of benzene rings is 2. The van der Waals surface area contributed by atoms with Gasteiger partial charge in [0.1, 0.15) is 17.9 Å². The zero-order valence-electron chi connectivity index (χ0n) is 14.4. The highest BCUT2D eigenvalue weighted by atomic mass is 19.1. The van der Waals surface area contributed by atoms with E-state index in [9.17, 15) is 4.39 Å². The average Bonchev–Trinajstić information content (AvgIpc) is 3.14. The Morgan fingerprint density at radius 2 is 2.04 bits per heavy atom. The fourth-order valence-electron chi connectivity index (χ4n) is 2.61. The molecule has 0 saturated heterocycles. The summed E-state index contributed by atoms with van der Waals surface area (Å²) in [6.07, 6.45) is 4.47. The predicted octanol–water partition coefficient (Wildman–Crippen LogP) is 3.41. The van der Waals surface area contributed by atoms with E-state index in [4.69, 9.17) is 4.74 Å². The van der Waals surface area contributed by atoms with Crippen molar-refractivity contribution in [1.29, 1.82) is 0 Å². The number of halogens is 1. The van der Waals surface area contributed by atoms with E-state index >= 15 is 0 Å². The molecule has 8 heteroatoms. The van der Waals surface area contributed by atoms with Crippen LogP contribution in [0.3, 0.4) is 0 Å². The van der Waals surface area contributed by atoms with Crippen LogP contribution in [0.25, 0.3) is 16.7 Å². The van der Waals surface area contributed by atoms with Crippen LogP contribution < -0.4 is 10.2 Å². The van der Waals surface area contributed by atoms with Crippen molar-refractivity contribution in [2.75, 3.05) is 12.5 Å². The van der Waals surface area contributed by atoms with Crippen molar-refractivity contribution < 1.29 is 9.13 Å². The van der Waals surface area contributed by atoms with Crippen molar-refractivity contribution in [3.63, 3.8) is 0 Å². The van der Waals surface area contributed by atoms with Crippen LogP contribution in [0.5, 0.6) is 5.75 Å². The molecule has 1 N–H and O–H groups in total. The van der Waals surface area contributed by atoms with Gasteiger partial charge in [-0.3, -0.25) is 5.43 Å². The third kappa shape index (κ3) is 3.32. The van der Waals surface area contributed by atoms with E-state index in [1.807, 2.05) is 24.3 Å². The largest absolute Gasteiger partial charge is 0.497 e. The lowest BCUT2D eigenvalue weighted by Crippen LogP contribution is -2.00. The lowest BCUT2D eigenvalue weighted by molar-refractivity contribution is 0.414. The van der Waals surface area contributed by atoms with Gasteiger partial charge in [-0.05, 0) is 18.2 Å². The third-order valence-electron chi connectivity index (χ3n) is 3.94. The van der Waals surface area contributed by atoms with Crippen LogP contribution in [-0.4, -0.2) is 33.1 Å². The summed E-state index contributed by atoms with van der Waals surface area (Å²) in [6, 6.07) is 13.9.